The molecule has 4 heteroatoms. The Morgan fingerprint density at radius 2 is 0.288 bits per heavy atom. The first kappa shape index (κ1) is 75.9. The van der Waals surface area contributed by atoms with Gasteiger partial charge in [0.2, 0.25) is 0 Å². The van der Waals surface area contributed by atoms with Crippen molar-refractivity contribution in [2.45, 2.75) is 50.9 Å². The molecule has 0 radical (unpaired) electrons. The summed E-state index contributed by atoms with van der Waals surface area (Å²) in [5.74, 6) is 0. The molecule has 0 saturated heterocycles. The van der Waals surface area contributed by atoms with Crippen LogP contribution in [0.2, 0.25) is 0 Å². The first-order valence-electron chi connectivity index (χ1n) is 61.3. The smallest absolute Gasteiger partial charge is 0.0468 e. The van der Waals surface area contributed by atoms with Crippen LogP contribution in [-0.2, 0) is 0 Å². The molecule has 0 saturated carbocycles. The summed E-state index contributed by atoms with van der Waals surface area (Å²) in [4.78, 5) is 9.51. The summed E-state index contributed by atoms with van der Waals surface area (Å²) in [6.07, 6.45) is 0. The van der Waals surface area contributed by atoms with Crippen LogP contribution in [0.3, 0.4) is 0 Å². The van der Waals surface area contributed by atoms with Gasteiger partial charge in [-0.2, -0.15) is 0 Å². The normalized spacial score (nSPS) is 11.6. The number of benzene rings is 24. The summed E-state index contributed by atoms with van der Waals surface area (Å²) >= 11 is 0. The Labute approximate surface area is 857 Å². The second-order valence-corrected chi connectivity index (χ2v) is 33.8. The predicted molar refractivity (Wildman–Crippen MR) is 630 cm³/mol. The summed E-state index contributed by atoms with van der Waals surface area (Å²) in [6.45, 7) is 4.00. The Kier molecular flexibility index (Phi) is 22.9. The quantitative estimate of drug-likeness (QED) is 0.0794. The molecule has 0 aliphatic rings. The molecule has 4 nitrogen and oxygen atoms in total. The number of rotatable bonds is 18. The van der Waals surface area contributed by atoms with E-state index in [4.69, 9.17) is 36.5 Å². The third kappa shape index (κ3) is 18.5. The number of fused-ring (bicyclic) bond motifs is 8. The Morgan fingerprint density at radius 3 is 0.489 bits per heavy atom. The summed E-state index contributed by atoms with van der Waals surface area (Å²) in [7, 11) is 6.25. The van der Waals surface area contributed by atoms with Crippen molar-refractivity contribution in [2.75, 3.05) is 19.6 Å². The highest BCUT2D eigenvalue weighted by Gasteiger charge is 2.27. The molecule has 0 bridgehead atoms. The van der Waals surface area contributed by atoms with Crippen LogP contribution in [-0.4, -0.2) is 0 Å². The van der Waals surface area contributed by atoms with Gasteiger partial charge in [0, 0.05) is 105 Å². The van der Waals surface area contributed by atoms with Gasteiger partial charge < -0.3 is 19.6 Å². The maximum absolute atomic E-state index is 5.75. The molecule has 0 atom stereocenters. The molecule has 0 N–H and O–H groups in total. The molecule has 139 heavy (non-hydrogen) atoms. The van der Waals surface area contributed by atoms with Crippen molar-refractivity contribution < 1.29 is 36.5 Å². The number of nitrogens with zero attached hydrogens (tertiary/aromatic N) is 4. The molecule has 694 valence electrons. The molecular weight excluding hydrogens is 1680 g/mol. The van der Waals surface area contributed by atoms with E-state index >= 15 is 0 Å². The van der Waals surface area contributed by atoms with Crippen molar-refractivity contribution in [3.05, 3.63) is 534 Å². The van der Waals surface area contributed by atoms with E-state index in [0.717, 1.165) is 68.2 Å². The van der Waals surface area contributed by atoms with E-state index in [1.165, 1.54) is 190 Å². The van der Waals surface area contributed by atoms with E-state index in [1.807, 2.05) is 13.8 Å². The van der Waals surface area contributed by atoms with Crippen LogP contribution in [0.5, 0.6) is 0 Å². The van der Waals surface area contributed by atoms with Gasteiger partial charge in [-0.1, -0.05) is 415 Å². The number of anilines is 12. The van der Waals surface area contributed by atoms with Crippen molar-refractivity contribution >= 4 is 154 Å². The topological polar surface area (TPSA) is 13.0 Å². The minimum atomic E-state index is 1.08. The molecule has 0 aromatic heterocycles. The van der Waals surface area contributed by atoms with Crippen molar-refractivity contribution in [1.29, 1.82) is 0 Å². The third-order valence-electron chi connectivity index (χ3n) is 25.9. The van der Waals surface area contributed by atoms with Crippen molar-refractivity contribution in [3.8, 4) is 66.8 Å². The lowest BCUT2D eigenvalue weighted by atomic mass is 9.84. The molecule has 0 fully saturated rings. The van der Waals surface area contributed by atoms with Crippen molar-refractivity contribution in [3.63, 3.8) is 0 Å². The highest BCUT2D eigenvalue weighted by molar-refractivity contribution is 6.25. The van der Waals surface area contributed by atoms with Crippen LogP contribution < -0.4 is 19.6 Å². The van der Waals surface area contributed by atoms with Gasteiger partial charge in [0.15, 0.2) is 0 Å². The summed E-state index contributed by atoms with van der Waals surface area (Å²) in [5, 5.41) is 19.3. The van der Waals surface area contributed by atoms with Crippen LogP contribution in [0.25, 0.3) is 153 Å². The van der Waals surface area contributed by atoms with E-state index in [0.29, 0.717) is 0 Å². The second-order valence-electron chi connectivity index (χ2n) is 33.8. The van der Waals surface area contributed by atoms with Crippen molar-refractivity contribution in [2.24, 2.45) is 0 Å². The molecule has 0 unspecified atom stereocenters. The van der Waals surface area contributed by atoms with Gasteiger partial charge in [-0.25, -0.2) is 0 Å². The Morgan fingerprint density at radius 1 is 0.137 bits per heavy atom. The summed E-state index contributed by atoms with van der Waals surface area (Å²) < 4.78 is 129. The van der Waals surface area contributed by atoms with Crippen LogP contribution >= 0.6 is 0 Å². The van der Waals surface area contributed by atoms with Gasteiger partial charge in [-0.05, 0) is 323 Å². The lowest BCUT2D eigenvalue weighted by molar-refractivity contribution is 1.29. The minimum Gasteiger partial charge on any atom is -0.310 e. The van der Waals surface area contributed by atoms with Gasteiger partial charge in [0.25, 0.3) is 0 Å². The lowest BCUT2D eigenvalue weighted by Crippen LogP contribution is -2.10. The SMILES string of the molecule is CC.[2H]C.[2H]C.[2H]C.[2H]C.[2H]C.[2H][2H].[2H][2H].[2H][2H].[2H][2H].[2H][2H].[2H][2H].[2H][2H].[2H][2H].[2H][2H].[2H][2H].c1ccc(-c2ccc(N(c3ccccc3)c3ccc4c(-c5ccc6ccccc6c5)c5cc(N(c6ccccc6)c6ccc(-c7ccccc7)cc6)ccc5c(-c5ccc6ccccc6c5)c4c3)cc2)cc1.c1ccc(N(c2ccccc2)c2ccc3c(-c4ccc5ccccc5c4)c4cc(N(c5ccccc5)c5ccccc5)ccc4c(-c4ccc5ccccc5c4)c3c2)cc1. The molecule has 0 spiro atoms. The van der Waals surface area contributed by atoms with E-state index in [9.17, 15) is 0 Å². The summed E-state index contributed by atoms with van der Waals surface area (Å²) in [5.41, 5.74) is 27.5. The number of para-hydroxylation sites is 6. The van der Waals surface area contributed by atoms with Crippen LogP contribution in [0.1, 0.15) is 87.4 Å². The molecular formula is C135H134N4. The van der Waals surface area contributed by atoms with E-state index < -0.39 is 0 Å². The number of hydrogen-bond donors (Lipinski definition) is 0. The highest BCUT2D eigenvalue weighted by atomic mass is 15.2. The Bertz CT molecular complexity index is 7880. The average molecular weight is 1840 g/mol. The fourth-order valence-electron chi connectivity index (χ4n) is 19.7. The largest absolute Gasteiger partial charge is 0.310 e. The Hall–Kier alpha value is -17.4. The van der Waals surface area contributed by atoms with Gasteiger partial charge in [-0.15, -0.1) is 0 Å². The zero-order valence-corrected chi connectivity index (χ0v) is 79.6. The average Bonchev–Trinajstić information content (AvgIpc) is 0.720. The summed E-state index contributed by atoms with van der Waals surface area (Å²) in [6, 6.07) is 194. The molecule has 0 aliphatic heterocycles. The minimum absolute atomic E-state index is 1.08. The van der Waals surface area contributed by atoms with Crippen LogP contribution in [0, 0.1) is 0 Å². The number of hydrogen-bond acceptors (Lipinski definition) is 4. The molecule has 0 aliphatic carbocycles. The van der Waals surface area contributed by atoms with E-state index in [-0.39, 0.29) is 0 Å². The highest BCUT2D eigenvalue weighted by Crippen LogP contribution is 2.53. The molecule has 24 aromatic carbocycles. The first-order chi connectivity index (χ1) is 81.5. The fourth-order valence-corrected chi connectivity index (χ4v) is 19.7. The van der Waals surface area contributed by atoms with Crippen molar-refractivity contribution in [1.82, 2.24) is 0 Å². The zero-order valence-electron chi connectivity index (χ0n) is 105. The third-order valence-corrected chi connectivity index (χ3v) is 25.9. The van der Waals surface area contributed by atoms with Gasteiger partial charge >= 0.3 is 0 Å². The Balaban J connectivity index is 0.000000358. The monoisotopic (exact) mass is 1840 g/mol. The van der Waals surface area contributed by atoms with Crippen LogP contribution in [0.4, 0.5) is 68.2 Å². The fraction of sp³-hybridized carbons (Fsp3) is 0.0519. The molecule has 24 rings (SSSR count). The predicted octanol–water partition coefficient (Wildman–Crippen LogP) is 43.1. The van der Waals surface area contributed by atoms with Gasteiger partial charge in [0.05, 0.1) is 0 Å². The lowest BCUT2D eigenvalue weighted by Gasteiger charge is -2.28. The maximum Gasteiger partial charge on any atom is 0.0468 e. The standard InChI is InChI=1S/C70H48N2.C58H40N2.C2H6.5CH4.10H2/c1-5-17-49(18-6-1)53-33-37-61(38-34-53)71(59-25-9-3-10-26-59)63-41-43-65-67(47-63)69(57-31-29-51-21-13-15-23-55(51)45-57)66-44-42-64(48-68(66)70(65)58-32-30-52-22-14-16-24-56(52)46-58)72(60-27-11-4-12-28-60)62-39-35-54(36-40-62)50-19-7-2-8-20-50;1-5-21-47(22-6-1)59(48-23-7-2-8-24-48)51-33-35-53-55(39-51)57(45-31-29-41-17-13-15-19-43(41)37-45)54-36-34-52(60(49-25-9-3-10-26-49)50-27-11-4-12-28-50)40-56(54)58(53)46-32-30-42-18-14-16-20-44(42)38-46;1-2;;;;;;;;;;;;;;;/h1-48H;1-40H;1-2H3;5*1H4;10*1H/i;;;5*1D;10*1+1D. The molecule has 0 amide bonds. The second kappa shape index (κ2) is 42.0. The van der Waals surface area contributed by atoms with E-state index in [1.54, 1.807) is 0 Å². The molecule has 24 aromatic rings. The van der Waals surface area contributed by atoms with Gasteiger partial charge in [-0.3, -0.25) is 0 Å². The molecule has 0 heterocycles. The zero-order chi connectivity index (χ0) is 120. The first-order valence-corrected chi connectivity index (χ1v) is 46.3. The van der Waals surface area contributed by atoms with Crippen LogP contribution in [0.15, 0.2) is 534 Å². The van der Waals surface area contributed by atoms with E-state index in [2.05, 4.69) is 553 Å². The van der Waals surface area contributed by atoms with Gasteiger partial charge in [0.1, 0.15) is 0 Å². The maximum atomic E-state index is 5.75.